The zero-order valence-corrected chi connectivity index (χ0v) is 13.0. The predicted octanol–water partition coefficient (Wildman–Crippen LogP) is 2.78. The van der Waals surface area contributed by atoms with E-state index in [1.54, 1.807) is 19.4 Å². The van der Waals surface area contributed by atoms with Crippen molar-refractivity contribution in [3.05, 3.63) is 70.0 Å². The Kier molecular flexibility index (Phi) is 3.85. The van der Waals surface area contributed by atoms with Gasteiger partial charge in [-0.25, -0.2) is 0 Å². The first kappa shape index (κ1) is 14.8. The molecule has 0 saturated carbocycles. The number of nitrogens with zero attached hydrogens (tertiary/aromatic N) is 2. The Morgan fingerprint density at radius 1 is 1.09 bits per heavy atom. The monoisotopic (exact) mass is 307 g/mol. The van der Waals surface area contributed by atoms with E-state index in [-0.39, 0.29) is 5.56 Å². The summed E-state index contributed by atoms with van der Waals surface area (Å²) in [5.74, 6) is 1.13. The maximum absolute atomic E-state index is 11.9. The summed E-state index contributed by atoms with van der Waals surface area (Å²) in [5, 5.41) is 6.33. The molecular formula is C18H17N3O2. The second-order valence-electron chi connectivity index (χ2n) is 5.32. The quantitative estimate of drug-likeness (QED) is 0.756. The highest BCUT2D eigenvalue weighted by Gasteiger charge is 2.01. The van der Waals surface area contributed by atoms with E-state index in [4.69, 9.17) is 10.5 Å². The molecule has 0 spiro atoms. The fourth-order valence-electron chi connectivity index (χ4n) is 2.42. The summed E-state index contributed by atoms with van der Waals surface area (Å²) in [6.45, 7) is 1.82. The van der Waals surface area contributed by atoms with Crippen LogP contribution in [-0.2, 0) is 0 Å². The Morgan fingerprint density at radius 3 is 2.57 bits per heavy atom. The number of hydrogen-bond acceptors (Lipinski definition) is 4. The van der Waals surface area contributed by atoms with Crippen LogP contribution >= 0.6 is 0 Å². The smallest absolute Gasteiger partial charge is 0.273 e. The van der Waals surface area contributed by atoms with Gasteiger partial charge < -0.3 is 10.5 Å². The van der Waals surface area contributed by atoms with Crippen molar-refractivity contribution in [2.45, 2.75) is 6.92 Å². The van der Waals surface area contributed by atoms with Crippen LogP contribution in [0.1, 0.15) is 11.1 Å². The van der Waals surface area contributed by atoms with Gasteiger partial charge in [0.2, 0.25) is 0 Å². The third-order valence-corrected chi connectivity index (χ3v) is 3.57. The van der Waals surface area contributed by atoms with Gasteiger partial charge >= 0.3 is 0 Å². The zero-order valence-electron chi connectivity index (χ0n) is 13.0. The van der Waals surface area contributed by atoms with Gasteiger partial charge in [-0.05, 0) is 53.1 Å². The summed E-state index contributed by atoms with van der Waals surface area (Å²) in [4.78, 5) is 11.9. The summed E-state index contributed by atoms with van der Waals surface area (Å²) in [5.41, 5.74) is 7.30. The molecule has 0 unspecified atom stereocenters. The maximum atomic E-state index is 11.9. The third kappa shape index (κ3) is 3.08. The van der Waals surface area contributed by atoms with Crippen LogP contribution in [0, 0.1) is 6.92 Å². The molecule has 3 aromatic rings. The van der Waals surface area contributed by atoms with Crippen LogP contribution in [0.3, 0.4) is 0 Å². The molecule has 0 aliphatic rings. The Hall–Kier alpha value is -3.08. The second kappa shape index (κ2) is 5.96. The van der Waals surface area contributed by atoms with Gasteiger partial charge in [0, 0.05) is 6.07 Å². The van der Waals surface area contributed by atoms with E-state index in [9.17, 15) is 4.79 Å². The molecule has 1 heterocycles. The molecule has 0 aliphatic carbocycles. The van der Waals surface area contributed by atoms with Crippen LogP contribution in [0.5, 0.6) is 5.75 Å². The fourth-order valence-corrected chi connectivity index (χ4v) is 2.42. The number of benzene rings is 2. The first-order valence-corrected chi connectivity index (χ1v) is 7.18. The molecule has 0 atom stereocenters. The van der Waals surface area contributed by atoms with Gasteiger partial charge in [-0.1, -0.05) is 18.2 Å². The van der Waals surface area contributed by atoms with Crippen molar-refractivity contribution in [1.82, 2.24) is 4.68 Å². The Morgan fingerprint density at radius 2 is 1.83 bits per heavy atom. The molecule has 116 valence electrons. The minimum Gasteiger partial charge on any atom is -0.497 e. The largest absolute Gasteiger partial charge is 0.497 e. The van der Waals surface area contributed by atoms with Gasteiger partial charge in [0.25, 0.3) is 5.56 Å². The number of ether oxygens (including phenoxy) is 1. The molecular weight excluding hydrogens is 290 g/mol. The molecule has 0 radical (unpaired) electrons. The van der Waals surface area contributed by atoms with Gasteiger partial charge in [0.1, 0.15) is 11.6 Å². The average molecular weight is 307 g/mol. The number of aromatic nitrogens is 1. The van der Waals surface area contributed by atoms with Crippen molar-refractivity contribution < 1.29 is 4.74 Å². The summed E-state index contributed by atoms with van der Waals surface area (Å²) < 4.78 is 6.40. The van der Waals surface area contributed by atoms with Crippen molar-refractivity contribution in [2.24, 2.45) is 5.10 Å². The summed E-state index contributed by atoms with van der Waals surface area (Å²) in [6, 6.07) is 15.0. The molecule has 23 heavy (non-hydrogen) atoms. The number of nitrogens with two attached hydrogens (primary N) is 1. The zero-order chi connectivity index (χ0) is 16.4. The summed E-state index contributed by atoms with van der Waals surface area (Å²) in [7, 11) is 1.64. The molecule has 0 aliphatic heterocycles. The van der Waals surface area contributed by atoms with Gasteiger partial charge in [0.05, 0.1) is 13.3 Å². The van der Waals surface area contributed by atoms with E-state index in [0.717, 1.165) is 27.6 Å². The van der Waals surface area contributed by atoms with Crippen LogP contribution in [0.4, 0.5) is 5.82 Å². The standard InChI is InChI=1S/C18H17N3O2/c1-12-7-17(19)21(18(22)8-12)20-11-13-3-4-15-10-16(23-2)6-5-14(15)9-13/h3-11H,19H2,1-2H3/b20-11-. The number of pyridine rings is 1. The van der Waals surface area contributed by atoms with Crippen molar-refractivity contribution in [3.8, 4) is 5.75 Å². The molecule has 5 nitrogen and oxygen atoms in total. The molecule has 0 bridgehead atoms. The number of methoxy groups -OCH3 is 1. The lowest BCUT2D eigenvalue weighted by molar-refractivity contribution is 0.415. The van der Waals surface area contributed by atoms with Crippen molar-refractivity contribution in [2.75, 3.05) is 12.8 Å². The second-order valence-corrected chi connectivity index (χ2v) is 5.32. The number of nitrogen functional groups attached to an aromatic ring is 1. The lowest BCUT2D eigenvalue weighted by atomic mass is 10.1. The molecule has 0 fully saturated rings. The number of hydrogen-bond donors (Lipinski definition) is 1. The molecule has 2 aromatic carbocycles. The van der Waals surface area contributed by atoms with E-state index in [2.05, 4.69) is 5.10 Å². The topological polar surface area (TPSA) is 69.6 Å². The first-order valence-electron chi connectivity index (χ1n) is 7.18. The Bertz CT molecular complexity index is 958. The highest BCUT2D eigenvalue weighted by Crippen LogP contribution is 2.21. The van der Waals surface area contributed by atoms with E-state index in [1.165, 1.54) is 10.7 Å². The van der Waals surface area contributed by atoms with Crippen molar-refractivity contribution >= 4 is 22.8 Å². The Labute approximate surface area is 133 Å². The first-order chi connectivity index (χ1) is 11.1. The molecule has 0 amide bonds. The van der Waals surface area contributed by atoms with Crippen LogP contribution in [0.2, 0.25) is 0 Å². The van der Waals surface area contributed by atoms with Crippen LogP contribution in [0.25, 0.3) is 10.8 Å². The van der Waals surface area contributed by atoms with E-state index in [1.807, 2.05) is 43.3 Å². The highest BCUT2D eigenvalue weighted by molar-refractivity contribution is 5.91. The average Bonchev–Trinajstić information content (AvgIpc) is 2.53. The van der Waals surface area contributed by atoms with Crippen LogP contribution in [-0.4, -0.2) is 18.0 Å². The minimum absolute atomic E-state index is 0.246. The number of anilines is 1. The fraction of sp³-hybridized carbons (Fsp3) is 0.111. The van der Waals surface area contributed by atoms with E-state index >= 15 is 0 Å². The van der Waals surface area contributed by atoms with Crippen LogP contribution in [0.15, 0.2) is 58.4 Å². The third-order valence-electron chi connectivity index (χ3n) is 3.57. The molecule has 2 N–H and O–H groups in total. The minimum atomic E-state index is -0.246. The number of aryl methyl sites for hydroxylation is 1. The molecule has 1 aromatic heterocycles. The number of rotatable bonds is 3. The lowest BCUT2D eigenvalue weighted by Crippen LogP contribution is -2.19. The highest BCUT2D eigenvalue weighted by atomic mass is 16.5. The number of fused-ring (bicyclic) bond motifs is 1. The van der Waals surface area contributed by atoms with Gasteiger partial charge in [-0.3, -0.25) is 4.79 Å². The van der Waals surface area contributed by atoms with Crippen LogP contribution < -0.4 is 16.0 Å². The van der Waals surface area contributed by atoms with Crippen molar-refractivity contribution in [3.63, 3.8) is 0 Å². The SMILES string of the molecule is COc1ccc2cc(/C=N\n3c(N)cc(C)cc3=O)ccc2c1. The van der Waals surface area contributed by atoms with Gasteiger partial charge in [-0.15, -0.1) is 0 Å². The summed E-state index contributed by atoms with van der Waals surface area (Å²) in [6.07, 6.45) is 1.62. The maximum Gasteiger partial charge on any atom is 0.273 e. The van der Waals surface area contributed by atoms with Crippen molar-refractivity contribution in [1.29, 1.82) is 0 Å². The molecule has 3 rings (SSSR count). The summed E-state index contributed by atoms with van der Waals surface area (Å²) >= 11 is 0. The molecule has 0 saturated heterocycles. The Balaban J connectivity index is 1.97. The van der Waals surface area contributed by atoms with E-state index < -0.39 is 0 Å². The van der Waals surface area contributed by atoms with Gasteiger partial charge in [0.15, 0.2) is 0 Å². The van der Waals surface area contributed by atoms with Gasteiger partial charge in [-0.2, -0.15) is 9.78 Å². The normalized spacial score (nSPS) is 11.2. The predicted molar refractivity (Wildman–Crippen MR) is 93.3 cm³/mol. The molecule has 5 heteroatoms. The van der Waals surface area contributed by atoms with E-state index in [0.29, 0.717) is 5.82 Å². The lowest BCUT2D eigenvalue weighted by Gasteiger charge is -2.05.